The van der Waals surface area contributed by atoms with Crippen molar-refractivity contribution in [2.24, 2.45) is 0 Å². The van der Waals surface area contributed by atoms with E-state index in [2.05, 4.69) is 11.9 Å². The predicted molar refractivity (Wildman–Crippen MR) is 73.8 cm³/mol. The first kappa shape index (κ1) is 16.2. The highest BCUT2D eigenvalue weighted by Crippen LogP contribution is 2.18. The summed E-state index contributed by atoms with van der Waals surface area (Å²) in [6.45, 7) is 4.15. The fourth-order valence-corrected chi connectivity index (χ4v) is 2.30. The molecule has 0 aromatic heterocycles. The summed E-state index contributed by atoms with van der Waals surface area (Å²) in [4.78, 5) is 36.6. The lowest BCUT2D eigenvalue weighted by Gasteiger charge is -2.28. The van der Waals surface area contributed by atoms with Gasteiger partial charge in [-0.15, -0.1) is 0 Å². The molecule has 1 aliphatic heterocycles. The second kappa shape index (κ2) is 8.35. The van der Waals surface area contributed by atoms with Gasteiger partial charge >= 0.3 is 5.97 Å². The van der Waals surface area contributed by atoms with Crippen LogP contribution in [-0.2, 0) is 19.1 Å². The molecule has 0 bridgehead atoms. The number of likely N-dealkylation sites (tertiary alicyclic amines) is 1. The van der Waals surface area contributed by atoms with Gasteiger partial charge in [-0.05, 0) is 18.9 Å². The Morgan fingerprint density at radius 1 is 1.35 bits per heavy atom. The first-order valence-corrected chi connectivity index (χ1v) is 6.87. The van der Waals surface area contributed by atoms with E-state index in [1.54, 1.807) is 4.90 Å². The van der Waals surface area contributed by atoms with E-state index in [-0.39, 0.29) is 30.7 Å². The molecule has 1 fully saturated rings. The minimum Gasteiger partial charge on any atom is -0.467 e. The van der Waals surface area contributed by atoms with Crippen molar-refractivity contribution in [1.82, 2.24) is 10.2 Å². The van der Waals surface area contributed by atoms with Crippen LogP contribution in [0.5, 0.6) is 0 Å². The highest BCUT2D eigenvalue weighted by Gasteiger charge is 2.31. The van der Waals surface area contributed by atoms with Gasteiger partial charge in [0.2, 0.25) is 11.8 Å². The Kier molecular flexibility index (Phi) is 6.76. The molecule has 0 radical (unpaired) electrons. The first-order valence-electron chi connectivity index (χ1n) is 6.87. The largest absolute Gasteiger partial charge is 0.467 e. The second-order valence-electron chi connectivity index (χ2n) is 4.72. The van der Waals surface area contributed by atoms with Crippen molar-refractivity contribution in [1.29, 1.82) is 0 Å². The van der Waals surface area contributed by atoms with Gasteiger partial charge < -0.3 is 15.0 Å². The Hall–Kier alpha value is -1.85. The number of hydrogen-bond acceptors (Lipinski definition) is 4. The molecule has 1 atom stereocenters. The fourth-order valence-electron chi connectivity index (χ4n) is 2.30. The minimum absolute atomic E-state index is 0.133. The van der Waals surface area contributed by atoms with Crippen molar-refractivity contribution in [2.45, 2.75) is 38.1 Å². The molecule has 1 aliphatic rings. The van der Waals surface area contributed by atoms with Crippen molar-refractivity contribution in [2.75, 3.05) is 20.2 Å². The molecule has 1 unspecified atom stereocenters. The van der Waals surface area contributed by atoms with Crippen LogP contribution < -0.4 is 5.32 Å². The third-order valence-electron chi connectivity index (χ3n) is 3.37. The molecule has 0 aromatic rings. The molecule has 2 amide bonds. The van der Waals surface area contributed by atoms with E-state index >= 15 is 0 Å². The monoisotopic (exact) mass is 282 g/mol. The summed E-state index contributed by atoms with van der Waals surface area (Å²) in [5, 5.41) is 2.56. The standard InChI is InChI=1S/C14H22N2O4/c1-3-12(17)15-9-8-13(18)16-10-6-4-5-7-11(16)14(19)20-2/h3,11H,1,4-10H2,2H3,(H,15,17). The average Bonchev–Trinajstić information content (AvgIpc) is 2.71. The molecule has 1 N–H and O–H groups in total. The van der Waals surface area contributed by atoms with E-state index in [0.717, 1.165) is 25.3 Å². The van der Waals surface area contributed by atoms with Crippen LogP contribution in [0.15, 0.2) is 12.7 Å². The van der Waals surface area contributed by atoms with Crippen molar-refractivity contribution >= 4 is 17.8 Å². The van der Waals surface area contributed by atoms with Crippen LogP contribution in [0.2, 0.25) is 0 Å². The average molecular weight is 282 g/mol. The topological polar surface area (TPSA) is 75.7 Å². The number of ether oxygens (including phenoxy) is 1. The Morgan fingerprint density at radius 2 is 2.10 bits per heavy atom. The summed E-state index contributed by atoms with van der Waals surface area (Å²) < 4.78 is 4.77. The molecular weight excluding hydrogens is 260 g/mol. The molecule has 6 nitrogen and oxygen atoms in total. The van der Waals surface area contributed by atoms with E-state index in [4.69, 9.17) is 4.74 Å². The molecule has 20 heavy (non-hydrogen) atoms. The van der Waals surface area contributed by atoms with E-state index in [9.17, 15) is 14.4 Å². The summed E-state index contributed by atoms with van der Waals surface area (Å²) >= 11 is 0. The number of esters is 1. The number of amides is 2. The normalized spacial score (nSPS) is 18.9. The van der Waals surface area contributed by atoms with Gasteiger partial charge in [-0.25, -0.2) is 4.79 Å². The molecule has 112 valence electrons. The van der Waals surface area contributed by atoms with Gasteiger partial charge in [0.05, 0.1) is 7.11 Å². The van der Waals surface area contributed by atoms with Crippen LogP contribution in [0.4, 0.5) is 0 Å². The third kappa shape index (κ3) is 4.68. The molecule has 1 heterocycles. The van der Waals surface area contributed by atoms with Crippen molar-refractivity contribution in [3.63, 3.8) is 0 Å². The number of hydrogen-bond donors (Lipinski definition) is 1. The van der Waals surface area contributed by atoms with E-state index in [1.165, 1.54) is 7.11 Å². The zero-order valence-corrected chi connectivity index (χ0v) is 11.9. The number of methoxy groups -OCH3 is 1. The van der Waals surface area contributed by atoms with Crippen LogP contribution in [0.25, 0.3) is 0 Å². The van der Waals surface area contributed by atoms with Gasteiger partial charge in [-0.1, -0.05) is 19.4 Å². The maximum absolute atomic E-state index is 12.2. The maximum Gasteiger partial charge on any atom is 0.328 e. The summed E-state index contributed by atoms with van der Waals surface area (Å²) in [7, 11) is 1.33. The zero-order chi connectivity index (χ0) is 15.0. The SMILES string of the molecule is C=CC(=O)NCCC(=O)N1CCCCCC1C(=O)OC. The predicted octanol–water partition coefficient (Wildman–Crippen LogP) is 0.623. The van der Waals surface area contributed by atoms with Crippen molar-refractivity contribution < 1.29 is 19.1 Å². The van der Waals surface area contributed by atoms with Gasteiger partial charge in [0.15, 0.2) is 0 Å². The van der Waals surface area contributed by atoms with Gasteiger partial charge in [0.25, 0.3) is 0 Å². The quantitative estimate of drug-likeness (QED) is 0.592. The van der Waals surface area contributed by atoms with Gasteiger partial charge in [-0.3, -0.25) is 9.59 Å². The summed E-state index contributed by atoms with van der Waals surface area (Å²) in [5.41, 5.74) is 0. The molecule has 0 saturated carbocycles. The van der Waals surface area contributed by atoms with Crippen LogP contribution >= 0.6 is 0 Å². The van der Waals surface area contributed by atoms with E-state index in [1.807, 2.05) is 0 Å². The number of carbonyl (C=O) groups excluding carboxylic acids is 3. The summed E-state index contributed by atoms with van der Waals surface area (Å²) in [6, 6.07) is -0.495. The molecule has 0 aromatic carbocycles. The van der Waals surface area contributed by atoms with E-state index < -0.39 is 6.04 Å². The smallest absolute Gasteiger partial charge is 0.328 e. The lowest BCUT2D eigenvalue weighted by molar-refractivity contribution is -0.152. The van der Waals surface area contributed by atoms with Crippen LogP contribution in [-0.4, -0.2) is 48.9 Å². The second-order valence-corrected chi connectivity index (χ2v) is 4.72. The maximum atomic E-state index is 12.2. The minimum atomic E-state index is -0.495. The summed E-state index contributed by atoms with van der Waals surface area (Å²) in [6.07, 6.45) is 4.78. The molecule has 0 spiro atoms. The number of nitrogens with zero attached hydrogens (tertiary/aromatic N) is 1. The Morgan fingerprint density at radius 3 is 2.75 bits per heavy atom. The highest BCUT2D eigenvalue weighted by atomic mass is 16.5. The number of nitrogens with one attached hydrogen (secondary N) is 1. The molecular formula is C14H22N2O4. The van der Waals surface area contributed by atoms with Crippen molar-refractivity contribution in [3.8, 4) is 0 Å². The zero-order valence-electron chi connectivity index (χ0n) is 11.9. The third-order valence-corrected chi connectivity index (χ3v) is 3.37. The van der Waals surface area contributed by atoms with Crippen LogP contribution in [0, 0.1) is 0 Å². The fraction of sp³-hybridized carbons (Fsp3) is 0.643. The van der Waals surface area contributed by atoms with Gasteiger partial charge in [0.1, 0.15) is 6.04 Å². The summed E-state index contributed by atoms with van der Waals surface area (Å²) in [5.74, 6) is -0.805. The van der Waals surface area contributed by atoms with Crippen molar-refractivity contribution in [3.05, 3.63) is 12.7 Å². The molecule has 0 aliphatic carbocycles. The van der Waals surface area contributed by atoms with Gasteiger partial charge in [0, 0.05) is 19.5 Å². The molecule has 1 rings (SSSR count). The Labute approximate surface area is 119 Å². The Bertz CT molecular complexity index is 381. The lowest BCUT2D eigenvalue weighted by Crippen LogP contribution is -2.46. The van der Waals surface area contributed by atoms with Crippen LogP contribution in [0.3, 0.4) is 0 Å². The lowest BCUT2D eigenvalue weighted by atomic mass is 10.1. The van der Waals surface area contributed by atoms with Gasteiger partial charge in [-0.2, -0.15) is 0 Å². The van der Waals surface area contributed by atoms with Crippen LogP contribution in [0.1, 0.15) is 32.1 Å². The van der Waals surface area contributed by atoms with E-state index in [0.29, 0.717) is 13.0 Å². The Balaban J connectivity index is 2.58. The number of rotatable bonds is 5. The first-order chi connectivity index (χ1) is 9.60. The molecule has 6 heteroatoms. The molecule has 1 saturated heterocycles. The highest BCUT2D eigenvalue weighted by molar-refractivity contribution is 5.88. The number of carbonyl (C=O) groups is 3.